The molecule has 1 atom stereocenters. The van der Waals surface area contributed by atoms with E-state index in [4.69, 9.17) is 10.5 Å². The third-order valence-electron chi connectivity index (χ3n) is 5.74. The van der Waals surface area contributed by atoms with Crippen LogP contribution < -0.4 is 5.73 Å². The van der Waals surface area contributed by atoms with Gasteiger partial charge in [0.25, 0.3) is 11.8 Å². The van der Waals surface area contributed by atoms with Crippen molar-refractivity contribution in [3.05, 3.63) is 95.6 Å². The predicted octanol–water partition coefficient (Wildman–Crippen LogP) is 3.60. The highest BCUT2D eigenvalue weighted by molar-refractivity contribution is 5.95. The fourth-order valence-electron chi connectivity index (χ4n) is 4.00. The van der Waals surface area contributed by atoms with E-state index in [0.29, 0.717) is 18.5 Å². The molecule has 1 aliphatic heterocycles. The molecule has 0 radical (unpaired) electrons. The van der Waals surface area contributed by atoms with Crippen molar-refractivity contribution in [3.63, 3.8) is 0 Å². The lowest BCUT2D eigenvalue weighted by Crippen LogP contribution is -2.61. The van der Waals surface area contributed by atoms with Crippen LogP contribution in [0.25, 0.3) is 11.1 Å². The molecule has 3 aromatic rings. The summed E-state index contributed by atoms with van der Waals surface area (Å²) in [5, 5.41) is 0. The number of carbonyl (C=O) groups is 2. The molecular formula is C26H26N2O3. The molecule has 2 N–H and O–H groups in total. The number of ether oxygens (including phenoxy) is 1. The number of hydrogen-bond acceptors (Lipinski definition) is 3. The maximum atomic E-state index is 12.9. The SMILES string of the molecule is Cc1ccc(-c2cccc(C[C@]3(C(N)=O)CN(C(=O)c4ccccc4)CCO3)c2)cc1. The smallest absolute Gasteiger partial charge is 0.254 e. The summed E-state index contributed by atoms with van der Waals surface area (Å²) >= 11 is 0. The summed E-state index contributed by atoms with van der Waals surface area (Å²) < 4.78 is 5.94. The maximum absolute atomic E-state index is 12.9. The fraction of sp³-hybridized carbons (Fsp3) is 0.231. The third-order valence-corrected chi connectivity index (χ3v) is 5.74. The first-order valence-corrected chi connectivity index (χ1v) is 10.4. The Hall–Kier alpha value is -3.44. The lowest BCUT2D eigenvalue weighted by atomic mass is 9.90. The van der Waals surface area contributed by atoms with Crippen LogP contribution in [0.3, 0.4) is 0 Å². The van der Waals surface area contributed by atoms with Crippen LogP contribution in [0.5, 0.6) is 0 Å². The zero-order valence-electron chi connectivity index (χ0n) is 17.6. The molecule has 4 rings (SSSR count). The van der Waals surface area contributed by atoms with E-state index in [0.717, 1.165) is 16.7 Å². The standard InChI is InChI=1S/C26H26N2O3/c1-19-10-12-21(13-11-19)23-9-5-6-20(16-23)17-26(25(27)30)18-28(14-15-31-26)24(29)22-7-3-2-4-8-22/h2-13,16H,14-15,17-18H2,1H3,(H2,27,30)/t26-/m1/s1. The van der Waals surface area contributed by atoms with Crippen LogP contribution in [0.1, 0.15) is 21.5 Å². The highest BCUT2D eigenvalue weighted by atomic mass is 16.5. The first-order chi connectivity index (χ1) is 15.0. The van der Waals surface area contributed by atoms with Gasteiger partial charge in [-0.05, 0) is 35.7 Å². The lowest BCUT2D eigenvalue weighted by molar-refractivity contribution is -0.153. The van der Waals surface area contributed by atoms with E-state index in [9.17, 15) is 9.59 Å². The minimum absolute atomic E-state index is 0.122. The number of primary amides is 1. The van der Waals surface area contributed by atoms with E-state index >= 15 is 0 Å². The van der Waals surface area contributed by atoms with Crippen LogP contribution in [0, 0.1) is 6.92 Å². The highest BCUT2D eigenvalue weighted by Crippen LogP contribution is 2.27. The van der Waals surface area contributed by atoms with Crippen molar-refractivity contribution in [3.8, 4) is 11.1 Å². The van der Waals surface area contributed by atoms with E-state index in [1.807, 2.05) is 36.4 Å². The molecular weight excluding hydrogens is 388 g/mol. The van der Waals surface area contributed by atoms with Crippen molar-refractivity contribution in [2.75, 3.05) is 19.7 Å². The van der Waals surface area contributed by atoms with Crippen LogP contribution >= 0.6 is 0 Å². The lowest BCUT2D eigenvalue weighted by Gasteiger charge is -2.40. The van der Waals surface area contributed by atoms with Crippen LogP contribution in [-0.4, -0.2) is 42.0 Å². The monoisotopic (exact) mass is 414 g/mol. The minimum Gasteiger partial charge on any atom is -0.367 e. The third kappa shape index (κ3) is 4.52. The topological polar surface area (TPSA) is 72.6 Å². The Kier molecular flexibility index (Phi) is 5.87. The van der Waals surface area contributed by atoms with Gasteiger partial charge in [-0.1, -0.05) is 72.3 Å². The number of morpholine rings is 1. The largest absolute Gasteiger partial charge is 0.367 e. The Bertz CT molecular complexity index is 1080. The zero-order chi connectivity index (χ0) is 21.8. The number of carbonyl (C=O) groups excluding carboxylic acids is 2. The summed E-state index contributed by atoms with van der Waals surface area (Å²) in [6.07, 6.45) is 0.306. The number of benzene rings is 3. The molecule has 1 aliphatic rings. The minimum atomic E-state index is -1.26. The molecule has 0 spiro atoms. The normalized spacial score (nSPS) is 18.5. The second-order valence-electron chi connectivity index (χ2n) is 8.04. The number of aryl methyl sites for hydroxylation is 1. The van der Waals surface area contributed by atoms with E-state index in [1.165, 1.54) is 5.56 Å². The van der Waals surface area contributed by atoms with E-state index in [-0.39, 0.29) is 19.1 Å². The summed E-state index contributed by atoms with van der Waals surface area (Å²) in [4.78, 5) is 27.1. The number of amides is 2. The number of hydrogen-bond donors (Lipinski definition) is 1. The van der Waals surface area contributed by atoms with Gasteiger partial charge in [-0.2, -0.15) is 0 Å². The van der Waals surface area contributed by atoms with Gasteiger partial charge >= 0.3 is 0 Å². The molecule has 5 heteroatoms. The van der Waals surface area contributed by atoms with Gasteiger partial charge in [-0.3, -0.25) is 9.59 Å². The molecule has 158 valence electrons. The van der Waals surface area contributed by atoms with Crippen molar-refractivity contribution >= 4 is 11.8 Å². The Morgan fingerprint density at radius 1 is 0.968 bits per heavy atom. The van der Waals surface area contributed by atoms with Gasteiger partial charge in [0.15, 0.2) is 5.60 Å². The molecule has 0 saturated carbocycles. The van der Waals surface area contributed by atoms with Crippen molar-refractivity contribution in [2.24, 2.45) is 5.73 Å². The van der Waals surface area contributed by atoms with Gasteiger partial charge in [0.1, 0.15) is 0 Å². The summed E-state index contributed by atoms with van der Waals surface area (Å²) in [5.74, 6) is -0.679. The molecule has 0 unspecified atom stereocenters. The predicted molar refractivity (Wildman–Crippen MR) is 121 cm³/mol. The van der Waals surface area contributed by atoms with Gasteiger partial charge in [-0.25, -0.2) is 0 Å². The second-order valence-corrected chi connectivity index (χ2v) is 8.04. The number of nitrogens with zero attached hydrogens (tertiary/aromatic N) is 1. The number of nitrogens with two attached hydrogens (primary N) is 1. The average molecular weight is 415 g/mol. The molecule has 0 bridgehead atoms. The van der Waals surface area contributed by atoms with Crippen molar-refractivity contribution in [1.82, 2.24) is 4.90 Å². The first kappa shape index (κ1) is 20.8. The molecule has 2 amide bonds. The van der Waals surface area contributed by atoms with Gasteiger partial charge in [0.05, 0.1) is 13.2 Å². The molecule has 0 aromatic heterocycles. The van der Waals surface area contributed by atoms with Crippen molar-refractivity contribution in [1.29, 1.82) is 0 Å². The van der Waals surface area contributed by atoms with Gasteiger partial charge in [0.2, 0.25) is 0 Å². The molecule has 3 aromatic carbocycles. The Morgan fingerprint density at radius 3 is 2.42 bits per heavy atom. The van der Waals surface area contributed by atoms with Crippen molar-refractivity contribution in [2.45, 2.75) is 18.9 Å². The number of rotatable bonds is 5. The first-order valence-electron chi connectivity index (χ1n) is 10.4. The second kappa shape index (κ2) is 8.74. The molecule has 1 saturated heterocycles. The van der Waals surface area contributed by atoms with E-state index in [2.05, 4.69) is 37.3 Å². The molecule has 31 heavy (non-hydrogen) atoms. The summed E-state index contributed by atoms with van der Waals surface area (Å²) in [7, 11) is 0. The Labute approximate surface area is 182 Å². The van der Waals surface area contributed by atoms with Crippen LogP contribution in [-0.2, 0) is 16.0 Å². The van der Waals surface area contributed by atoms with Gasteiger partial charge in [0, 0.05) is 18.5 Å². The van der Waals surface area contributed by atoms with Crippen LogP contribution in [0.15, 0.2) is 78.9 Å². The summed E-state index contributed by atoms with van der Waals surface area (Å²) in [6, 6.07) is 25.4. The molecule has 1 heterocycles. The highest BCUT2D eigenvalue weighted by Gasteiger charge is 2.44. The zero-order valence-corrected chi connectivity index (χ0v) is 17.6. The Morgan fingerprint density at radius 2 is 1.71 bits per heavy atom. The van der Waals surface area contributed by atoms with Crippen molar-refractivity contribution < 1.29 is 14.3 Å². The van der Waals surface area contributed by atoms with Gasteiger partial charge < -0.3 is 15.4 Å². The molecule has 5 nitrogen and oxygen atoms in total. The quantitative estimate of drug-likeness (QED) is 0.693. The van der Waals surface area contributed by atoms with E-state index < -0.39 is 11.5 Å². The molecule has 1 fully saturated rings. The average Bonchev–Trinajstić information content (AvgIpc) is 2.80. The van der Waals surface area contributed by atoms with Crippen LogP contribution in [0.4, 0.5) is 0 Å². The van der Waals surface area contributed by atoms with Gasteiger partial charge in [-0.15, -0.1) is 0 Å². The fourth-order valence-corrected chi connectivity index (χ4v) is 4.00. The van der Waals surface area contributed by atoms with E-state index in [1.54, 1.807) is 17.0 Å². The maximum Gasteiger partial charge on any atom is 0.254 e. The van der Waals surface area contributed by atoms with Crippen LogP contribution in [0.2, 0.25) is 0 Å². The molecule has 0 aliphatic carbocycles. The Balaban J connectivity index is 1.59. The summed E-state index contributed by atoms with van der Waals surface area (Å²) in [5.41, 5.74) is 9.45. The summed E-state index contributed by atoms with van der Waals surface area (Å²) in [6.45, 7) is 2.87.